The summed E-state index contributed by atoms with van der Waals surface area (Å²) >= 11 is 0. The number of carbonyl (C=O) groups is 1. The van der Waals surface area contributed by atoms with Crippen molar-refractivity contribution in [2.75, 3.05) is 44.8 Å². The molecule has 0 bridgehead atoms. The quantitative estimate of drug-likeness (QED) is 0.183. The minimum atomic E-state index is -4.53. The number of aromatic nitrogens is 6. The topological polar surface area (TPSA) is 114 Å². The average Bonchev–Trinajstić information content (AvgIpc) is 3.76. The molecule has 1 fully saturated rings. The van der Waals surface area contributed by atoms with E-state index in [1.807, 2.05) is 79.7 Å². The van der Waals surface area contributed by atoms with Gasteiger partial charge in [-0.2, -0.15) is 23.5 Å². The number of ether oxygens (including phenoxy) is 2. The Kier molecular flexibility index (Phi) is 10.1. The molecule has 3 heterocycles. The van der Waals surface area contributed by atoms with Crippen LogP contribution in [0, 0.1) is 0 Å². The summed E-state index contributed by atoms with van der Waals surface area (Å²) in [5.74, 6) is 0.887. The molecule has 0 atom stereocenters. The van der Waals surface area contributed by atoms with Gasteiger partial charge in [0.05, 0.1) is 18.5 Å². The molecular formula is C35H37F3N8O3. The number of aryl methyl sites for hydroxylation is 1. The van der Waals surface area contributed by atoms with Crippen molar-refractivity contribution >= 4 is 11.6 Å². The smallest absolute Gasteiger partial charge is 0.408 e. The van der Waals surface area contributed by atoms with Crippen molar-refractivity contribution in [1.82, 2.24) is 35.3 Å². The number of rotatable bonds is 12. The standard InChI is InChI=1S/C35H37F3N8O3/c1-3-8-29-28(21-24-13-15-25(16-14-24)26-9-4-5-10-27(26)33-39-42-43-40-33)34(46(41-29)23-35(36,37)38)49-22-32(47)45-19-17-44(18-20-45)30-11-6-7-12-31(30)48-2/h4-7,9-16H,3,8,17-23H2,1-2H3,(H,39,40,42,43). The number of H-pyrrole nitrogens is 1. The largest absolute Gasteiger partial charge is 0.495 e. The van der Waals surface area contributed by atoms with Crippen molar-refractivity contribution in [2.45, 2.75) is 38.9 Å². The van der Waals surface area contributed by atoms with E-state index in [1.165, 1.54) is 0 Å². The molecule has 1 aliphatic rings. The third kappa shape index (κ3) is 7.85. The van der Waals surface area contributed by atoms with E-state index in [1.54, 1.807) is 12.0 Å². The number of benzene rings is 3. The number of halogens is 3. The zero-order valence-corrected chi connectivity index (χ0v) is 27.3. The number of amides is 1. The third-order valence-electron chi connectivity index (χ3n) is 8.45. The number of nitrogens with one attached hydrogen (secondary N) is 1. The first kappa shape index (κ1) is 33.5. The van der Waals surface area contributed by atoms with Gasteiger partial charge in [0.15, 0.2) is 6.61 Å². The first-order valence-electron chi connectivity index (χ1n) is 16.1. The van der Waals surface area contributed by atoms with Crippen LogP contribution in [0.5, 0.6) is 11.6 Å². The Morgan fingerprint density at radius 1 is 0.939 bits per heavy atom. The number of nitrogens with zero attached hydrogens (tertiary/aromatic N) is 7. The summed E-state index contributed by atoms with van der Waals surface area (Å²) in [6.45, 7) is 2.27. The maximum atomic E-state index is 13.7. The number of hydrogen-bond donors (Lipinski definition) is 1. The first-order chi connectivity index (χ1) is 23.7. The fraction of sp³-hybridized carbons (Fsp3) is 0.343. The van der Waals surface area contributed by atoms with E-state index in [0.29, 0.717) is 56.1 Å². The van der Waals surface area contributed by atoms with Crippen LogP contribution in [0.15, 0.2) is 72.8 Å². The van der Waals surface area contributed by atoms with E-state index in [4.69, 9.17) is 9.47 Å². The number of carbonyl (C=O) groups excluding carboxylic acids is 1. The van der Waals surface area contributed by atoms with Gasteiger partial charge < -0.3 is 19.3 Å². The second-order valence-electron chi connectivity index (χ2n) is 11.7. The molecule has 2 aromatic heterocycles. The normalized spacial score (nSPS) is 13.5. The van der Waals surface area contributed by atoms with Gasteiger partial charge in [-0.15, -0.1) is 10.2 Å². The molecule has 0 saturated carbocycles. The Bertz CT molecular complexity index is 1850. The molecule has 1 saturated heterocycles. The number of tetrazole rings is 1. The second kappa shape index (κ2) is 14.8. The maximum absolute atomic E-state index is 13.7. The van der Waals surface area contributed by atoms with E-state index in [2.05, 4.69) is 30.6 Å². The number of alkyl halides is 3. The van der Waals surface area contributed by atoms with Crippen molar-refractivity contribution in [1.29, 1.82) is 0 Å². The van der Waals surface area contributed by atoms with Gasteiger partial charge in [-0.25, -0.2) is 4.68 Å². The SMILES string of the molecule is CCCc1nn(CC(F)(F)F)c(OCC(=O)N2CCN(c3ccccc3OC)CC2)c1Cc1ccc(-c2ccccc2-c2nn[nH]n2)cc1. The fourth-order valence-electron chi connectivity index (χ4n) is 6.11. The van der Waals surface area contributed by atoms with Crippen LogP contribution in [0.3, 0.4) is 0 Å². The molecule has 256 valence electrons. The number of anilines is 1. The van der Waals surface area contributed by atoms with Crippen LogP contribution >= 0.6 is 0 Å². The molecular weight excluding hydrogens is 637 g/mol. The van der Waals surface area contributed by atoms with Crippen molar-refractivity contribution in [3.63, 3.8) is 0 Å². The second-order valence-corrected chi connectivity index (χ2v) is 11.7. The zero-order valence-electron chi connectivity index (χ0n) is 27.3. The third-order valence-corrected chi connectivity index (χ3v) is 8.45. The Balaban J connectivity index is 1.20. The molecule has 1 amide bonds. The van der Waals surface area contributed by atoms with Crippen LogP contribution in [0.4, 0.5) is 18.9 Å². The molecule has 5 aromatic rings. The van der Waals surface area contributed by atoms with Gasteiger partial charge in [0, 0.05) is 43.7 Å². The summed E-state index contributed by atoms with van der Waals surface area (Å²) in [6, 6.07) is 23.1. The Hall–Kier alpha value is -5.40. The minimum absolute atomic E-state index is 0.0340. The number of aromatic amines is 1. The van der Waals surface area contributed by atoms with Crippen LogP contribution in [-0.2, 0) is 24.2 Å². The Morgan fingerprint density at radius 2 is 1.65 bits per heavy atom. The summed E-state index contributed by atoms with van der Waals surface area (Å²) in [7, 11) is 1.62. The lowest BCUT2D eigenvalue weighted by atomic mass is 9.96. The van der Waals surface area contributed by atoms with Crippen LogP contribution in [-0.4, -0.2) is 87.3 Å². The molecule has 0 radical (unpaired) electrons. The van der Waals surface area contributed by atoms with Gasteiger partial charge in [0.1, 0.15) is 12.3 Å². The number of methoxy groups -OCH3 is 1. The predicted octanol–water partition coefficient (Wildman–Crippen LogP) is 5.57. The molecule has 1 N–H and O–H groups in total. The molecule has 11 nitrogen and oxygen atoms in total. The molecule has 1 aliphatic heterocycles. The van der Waals surface area contributed by atoms with E-state index < -0.39 is 19.3 Å². The fourth-order valence-corrected chi connectivity index (χ4v) is 6.11. The number of piperazine rings is 1. The van der Waals surface area contributed by atoms with Crippen LogP contribution < -0.4 is 14.4 Å². The lowest BCUT2D eigenvalue weighted by Crippen LogP contribution is -2.50. The highest BCUT2D eigenvalue weighted by atomic mass is 19.4. The average molecular weight is 675 g/mol. The van der Waals surface area contributed by atoms with Gasteiger partial charge in [0.2, 0.25) is 11.7 Å². The Morgan fingerprint density at radius 3 is 2.33 bits per heavy atom. The van der Waals surface area contributed by atoms with E-state index in [0.717, 1.165) is 38.4 Å². The van der Waals surface area contributed by atoms with Gasteiger partial charge >= 0.3 is 6.18 Å². The van der Waals surface area contributed by atoms with E-state index in [-0.39, 0.29) is 18.2 Å². The number of hydrogen-bond acceptors (Lipinski definition) is 8. The molecule has 0 aliphatic carbocycles. The van der Waals surface area contributed by atoms with Gasteiger partial charge in [0.25, 0.3) is 5.91 Å². The highest BCUT2D eigenvalue weighted by Crippen LogP contribution is 2.33. The lowest BCUT2D eigenvalue weighted by molar-refractivity contribution is -0.143. The van der Waals surface area contributed by atoms with Gasteiger partial charge in [-0.1, -0.05) is 74.0 Å². The summed E-state index contributed by atoms with van der Waals surface area (Å²) in [6.07, 6.45) is -3.11. The summed E-state index contributed by atoms with van der Waals surface area (Å²) < 4.78 is 53.5. The summed E-state index contributed by atoms with van der Waals surface area (Å²) in [5.41, 5.74) is 5.50. The minimum Gasteiger partial charge on any atom is -0.495 e. The molecule has 49 heavy (non-hydrogen) atoms. The van der Waals surface area contributed by atoms with Crippen molar-refractivity contribution in [3.05, 3.63) is 89.6 Å². The summed E-state index contributed by atoms with van der Waals surface area (Å²) in [4.78, 5) is 17.1. The van der Waals surface area contributed by atoms with E-state index >= 15 is 0 Å². The number of para-hydroxylation sites is 2. The van der Waals surface area contributed by atoms with Gasteiger partial charge in [-0.3, -0.25) is 4.79 Å². The molecule has 0 spiro atoms. The van der Waals surface area contributed by atoms with Crippen molar-refractivity contribution < 1.29 is 27.4 Å². The van der Waals surface area contributed by atoms with Crippen molar-refractivity contribution in [2.24, 2.45) is 0 Å². The maximum Gasteiger partial charge on any atom is 0.408 e. The zero-order chi connectivity index (χ0) is 34.4. The van der Waals surface area contributed by atoms with Gasteiger partial charge in [-0.05, 0) is 40.5 Å². The highest BCUT2D eigenvalue weighted by Gasteiger charge is 2.33. The lowest BCUT2D eigenvalue weighted by Gasteiger charge is -2.36. The van der Waals surface area contributed by atoms with Crippen LogP contribution in [0.1, 0.15) is 30.2 Å². The molecule has 14 heteroatoms. The molecule has 6 rings (SSSR count). The summed E-state index contributed by atoms with van der Waals surface area (Å²) in [5, 5.41) is 18.7. The highest BCUT2D eigenvalue weighted by molar-refractivity contribution is 5.80. The van der Waals surface area contributed by atoms with Crippen LogP contribution in [0.25, 0.3) is 22.5 Å². The Labute approximate surface area is 281 Å². The van der Waals surface area contributed by atoms with E-state index in [9.17, 15) is 18.0 Å². The van der Waals surface area contributed by atoms with Crippen molar-refractivity contribution in [3.8, 4) is 34.1 Å². The predicted molar refractivity (Wildman–Crippen MR) is 177 cm³/mol. The van der Waals surface area contributed by atoms with Crippen LogP contribution in [0.2, 0.25) is 0 Å². The molecule has 3 aromatic carbocycles. The monoisotopic (exact) mass is 674 g/mol. The molecule has 0 unspecified atom stereocenters. The first-order valence-corrected chi connectivity index (χ1v) is 16.1.